The standard InChI is InChI=1S/C11H20O2/c1-10(2)5-6-11(10,12)9-4-3-7-13-8-9/h9,12H,3-8H2,1-2H3. The first kappa shape index (κ1) is 9.47. The summed E-state index contributed by atoms with van der Waals surface area (Å²) >= 11 is 0. The highest BCUT2D eigenvalue weighted by molar-refractivity contribution is 5.06. The molecule has 2 unspecified atom stereocenters. The third kappa shape index (κ3) is 1.31. The Morgan fingerprint density at radius 2 is 2.08 bits per heavy atom. The Labute approximate surface area is 80.3 Å². The summed E-state index contributed by atoms with van der Waals surface area (Å²) in [6.07, 6.45) is 4.37. The molecule has 0 aromatic rings. The molecule has 76 valence electrons. The second kappa shape index (κ2) is 2.96. The zero-order valence-corrected chi connectivity index (χ0v) is 8.68. The molecule has 1 heterocycles. The van der Waals surface area contributed by atoms with Crippen molar-refractivity contribution in [1.29, 1.82) is 0 Å². The Morgan fingerprint density at radius 1 is 1.31 bits per heavy atom. The van der Waals surface area contributed by atoms with Gasteiger partial charge in [0.05, 0.1) is 12.2 Å². The summed E-state index contributed by atoms with van der Waals surface area (Å²) < 4.78 is 5.44. The lowest BCUT2D eigenvalue weighted by Crippen LogP contribution is -2.60. The maximum atomic E-state index is 10.5. The van der Waals surface area contributed by atoms with Crippen LogP contribution >= 0.6 is 0 Å². The zero-order chi connectivity index (χ0) is 9.53. The SMILES string of the molecule is CC1(C)CCC1(O)C1CCCOC1. The summed E-state index contributed by atoms with van der Waals surface area (Å²) in [6, 6.07) is 0. The van der Waals surface area contributed by atoms with E-state index in [1.807, 2.05) is 0 Å². The summed E-state index contributed by atoms with van der Waals surface area (Å²) in [6.45, 7) is 5.99. The number of hydrogen-bond donors (Lipinski definition) is 1. The molecule has 0 amide bonds. The first-order chi connectivity index (χ1) is 6.06. The normalized spacial score (nSPS) is 44.1. The van der Waals surface area contributed by atoms with Gasteiger partial charge in [-0.2, -0.15) is 0 Å². The maximum absolute atomic E-state index is 10.5. The van der Waals surface area contributed by atoms with Gasteiger partial charge in [-0.05, 0) is 31.1 Å². The van der Waals surface area contributed by atoms with E-state index >= 15 is 0 Å². The van der Waals surface area contributed by atoms with E-state index in [0.717, 1.165) is 38.9 Å². The number of hydrogen-bond acceptors (Lipinski definition) is 2. The van der Waals surface area contributed by atoms with Crippen LogP contribution in [0.2, 0.25) is 0 Å². The fourth-order valence-corrected chi connectivity index (χ4v) is 2.76. The monoisotopic (exact) mass is 184 g/mol. The molecule has 1 aliphatic carbocycles. The van der Waals surface area contributed by atoms with Gasteiger partial charge in [0, 0.05) is 12.5 Å². The topological polar surface area (TPSA) is 29.5 Å². The summed E-state index contributed by atoms with van der Waals surface area (Å²) in [7, 11) is 0. The van der Waals surface area contributed by atoms with Crippen molar-refractivity contribution in [2.24, 2.45) is 11.3 Å². The zero-order valence-electron chi connectivity index (χ0n) is 8.68. The molecular weight excluding hydrogens is 164 g/mol. The lowest BCUT2D eigenvalue weighted by molar-refractivity contribution is -0.206. The maximum Gasteiger partial charge on any atom is 0.0748 e. The van der Waals surface area contributed by atoms with Gasteiger partial charge in [-0.3, -0.25) is 0 Å². The highest BCUT2D eigenvalue weighted by Gasteiger charge is 2.56. The van der Waals surface area contributed by atoms with Crippen LogP contribution in [0, 0.1) is 11.3 Å². The van der Waals surface area contributed by atoms with Crippen molar-refractivity contribution in [3.05, 3.63) is 0 Å². The van der Waals surface area contributed by atoms with Crippen LogP contribution < -0.4 is 0 Å². The number of ether oxygens (including phenoxy) is 1. The van der Waals surface area contributed by atoms with Crippen molar-refractivity contribution in [2.75, 3.05) is 13.2 Å². The highest BCUT2D eigenvalue weighted by atomic mass is 16.5. The molecule has 0 bridgehead atoms. The molecule has 1 aliphatic heterocycles. The molecule has 2 aliphatic rings. The molecule has 1 N–H and O–H groups in total. The van der Waals surface area contributed by atoms with E-state index in [9.17, 15) is 5.11 Å². The molecule has 2 rings (SSSR count). The lowest BCUT2D eigenvalue weighted by Gasteiger charge is -2.57. The smallest absolute Gasteiger partial charge is 0.0748 e. The van der Waals surface area contributed by atoms with Gasteiger partial charge in [0.1, 0.15) is 0 Å². The van der Waals surface area contributed by atoms with E-state index in [4.69, 9.17) is 4.74 Å². The molecule has 13 heavy (non-hydrogen) atoms. The van der Waals surface area contributed by atoms with E-state index in [2.05, 4.69) is 13.8 Å². The van der Waals surface area contributed by atoms with Gasteiger partial charge in [-0.25, -0.2) is 0 Å². The van der Waals surface area contributed by atoms with Gasteiger partial charge in [0.25, 0.3) is 0 Å². The van der Waals surface area contributed by atoms with Crippen LogP contribution in [0.5, 0.6) is 0 Å². The first-order valence-corrected chi connectivity index (χ1v) is 5.36. The molecule has 2 atom stereocenters. The second-order valence-electron chi connectivity index (χ2n) is 5.22. The van der Waals surface area contributed by atoms with E-state index in [1.165, 1.54) is 0 Å². The van der Waals surface area contributed by atoms with Crippen molar-refractivity contribution in [3.8, 4) is 0 Å². The van der Waals surface area contributed by atoms with Gasteiger partial charge >= 0.3 is 0 Å². The predicted molar refractivity (Wildman–Crippen MR) is 51.5 cm³/mol. The molecular formula is C11H20O2. The molecule has 0 aromatic heterocycles. The van der Waals surface area contributed by atoms with Crippen LogP contribution in [0.15, 0.2) is 0 Å². The summed E-state index contributed by atoms with van der Waals surface area (Å²) in [5.41, 5.74) is -0.328. The minimum Gasteiger partial charge on any atom is -0.389 e. The van der Waals surface area contributed by atoms with Crippen LogP contribution in [0.3, 0.4) is 0 Å². The number of rotatable bonds is 1. The van der Waals surface area contributed by atoms with Crippen LogP contribution in [0.25, 0.3) is 0 Å². The van der Waals surface area contributed by atoms with E-state index in [1.54, 1.807) is 0 Å². The Hall–Kier alpha value is -0.0800. The molecule has 1 saturated carbocycles. The largest absolute Gasteiger partial charge is 0.389 e. The molecule has 0 aromatic carbocycles. The van der Waals surface area contributed by atoms with E-state index < -0.39 is 5.60 Å². The van der Waals surface area contributed by atoms with Crippen molar-refractivity contribution in [1.82, 2.24) is 0 Å². The second-order valence-corrected chi connectivity index (χ2v) is 5.22. The third-order valence-corrected chi connectivity index (χ3v) is 4.14. The van der Waals surface area contributed by atoms with Crippen LogP contribution in [-0.2, 0) is 4.74 Å². The molecule has 0 spiro atoms. The predicted octanol–water partition coefficient (Wildman–Crippen LogP) is 1.96. The Bertz CT molecular complexity index is 194. The van der Waals surface area contributed by atoms with Gasteiger partial charge in [-0.1, -0.05) is 13.8 Å². The Balaban J connectivity index is 2.06. The fraction of sp³-hybridized carbons (Fsp3) is 1.00. The quantitative estimate of drug-likeness (QED) is 0.675. The van der Waals surface area contributed by atoms with Gasteiger partial charge < -0.3 is 9.84 Å². The molecule has 0 radical (unpaired) electrons. The highest BCUT2D eigenvalue weighted by Crippen LogP contribution is 2.54. The third-order valence-electron chi connectivity index (χ3n) is 4.14. The van der Waals surface area contributed by atoms with Gasteiger partial charge in [0.15, 0.2) is 0 Å². The Morgan fingerprint density at radius 3 is 2.46 bits per heavy atom. The van der Waals surface area contributed by atoms with Crippen molar-refractivity contribution in [3.63, 3.8) is 0 Å². The summed E-state index contributed by atoms with van der Waals surface area (Å²) in [5.74, 6) is 0.380. The minimum absolute atomic E-state index is 0.109. The van der Waals surface area contributed by atoms with Crippen molar-refractivity contribution < 1.29 is 9.84 Å². The Kier molecular flexibility index (Phi) is 2.16. The van der Waals surface area contributed by atoms with Crippen molar-refractivity contribution >= 4 is 0 Å². The molecule has 2 heteroatoms. The van der Waals surface area contributed by atoms with Gasteiger partial charge in [0.2, 0.25) is 0 Å². The molecule has 2 fully saturated rings. The summed E-state index contributed by atoms with van der Waals surface area (Å²) in [4.78, 5) is 0. The molecule has 2 nitrogen and oxygen atoms in total. The van der Waals surface area contributed by atoms with E-state index in [-0.39, 0.29) is 5.41 Å². The lowest BCUT2D eigenvalue weighted by atomic mass is 9.53. The van der Waals surface area contributed by atoms with Crippen LogP contribution in [0.4, 0.5) is 0 Å². The van der Waals surface area contributed by atoms with Gasteiger partial charge in [-0.15, -0.1) is 0 Å². The average molecular weight is 184 g/mol. The first-order valence-electron chi connectivity index (χ1n) is 5.36. The molecule has 1 saturated heterocycles. The number of aliphatic hydroxyl groups is 1. The van der Waals surface area contributed by atoms with Crippen LogP contribution in [-0.4, -0.2) is 23.9 Å². The fourth-order valence-electron chi connectivity index (χ4n) is 2.76. The minimum atomic E-state index is -0.437. The van der Waals surface area contributed by atoms with E-state index in [0.29, 0.717) is 5.92 Å². The summed E-state index contributed by atoms with van der Waals surface area (Å²) in [5, 5.41) is 10.5. The average Bonchev–Trinajstić information content (AvgIpc) is 2.16. The van der Waals surface area contributed by atoms with Crippen LogP contribution in [0.1, 0.15) is 39.5 Å². The van der Waals surface area contributed by atoms with Crippen molar-refractivity contribution in [2.45, 2.75) is 45.1 Å².